The zero-order valence-electron chi connectivity index (χ0n) is 13.4. The monoisotopic (exact) mass is 287 g/mol. The van der Waals surface area contributed by atoms with E-state index < -0.39 is 0 Å². The molecular formula is C17H25N3O. The summed E-state index contributed by atoms with van der Waals surface area (Å²) in [5.41, 5.74) is 2.34. The van der Waals surface area contributed by atoms with E-state index in [1.807, 2.05) is 18.0 Å². The maximum absolute atomic E-state index is 5.55. The fourth-order valence-electron chi connectivity index (χ4n) is 1.95. The molecular weight excluding hydrogens is 262 g/mol. The summed E-state index contributed by atoms with van der Waals surface area (Å²) in [5, 5.41) is 3.41. The van der Waals surface area contributed by atoms with Crippen LogP contribution in [0.3, 0.4) is 0 Å². The van der Waals surface area contributed by atoms with Crippen LogP contribution in [0.1, 0.15) is 32.0 Å². The van der Waals surface area contributed by atoms with Gasteiger partial charge in [-0.1, -0.05) is 30.3 Å². The highest BCUT2D eigenvalue weighted by Gasteiger charge is 2.12. The number of benzene rings is 1. The van der Waals surface area contributed by atoms with Crippen molar-refractivity contribution < 1.29 is 4.42 Å². The van der Waals surface area contributed by atoms with Crippen molar-refractivity contribution in [3.8, 4) is 0 Å². The lowest BCUT2D eigenvalue weighted by Crippen LogP contribution is -2.35. The third-order valence-corrected chi connectivity index (χ3v) is 3.24. The van der Waals surface area contributed by atoms with Gasteiger partial charge in [0.1, 0.15) is 6.26 Å². The van der Waals surface area contributed by atoms with Crippen LogP contribution in [0.2, 0.25) is 0 Å². The molecule has 0 bridgehead atoms. The van der Waals surface area contributed by atoms with Crippen LogP contribution in [0.4, 0.5) is 6.01 Å². The Morgan fingerprint density at radius 3 is 2.57 bits per heavy atom. The second-order valence-corrected chi connectivity index (χ2v) is 6.38. The minimum Gasteiger partial charge on any atom is -0.432 e. The van der Waals surface area contributed by atoms with Crippen LogP contribution in [-0.2, 0) is 13.0 Å². The molecule has 21 heavy (non-hydrogen) atoms. The van der Waals surface area contributed by atoms with Crippen LogP contribution >= 0.6 is 0 Å². The first kappa shape index (κ1) is 15.6. The summed E-state index contributed by atoms with van der Waals surface area (Å²) in [6.45, 7) is 8.02. The lowest BCUT2D eigenvalue weighted by Gasteiger charge is -2.19. The largest absolute Gasteiger partial charge is 0.432 e. The van der Waals surface area contributed by atoms with E-state index in [9.17, 15) is 0 Å². The molecule has 0 aliphatic rings. The zero-order valence-corrected chi connectivity index (χ0v) is 13.4. The molecule has 0 radical (unpaired) electrons. The van der Waals surface area contributed by atoms with Gasteiger partial charge in [0.2, 0.25) is 0 Å². The molecule has 0 aliphatic carbocycles. The fraction of sp³-hybridized carbons (Fsp3) is 0.471. The van der Waals surface area contributed by atoms with Crippen molar-refractivity contribution in [3.05, 3.63) is 47.9 Å². The first-order valence-electron chi connectivity index (χ1n) is 7.38. The number of anilines is 1. The molecule has 4 nitrogen and oxygen atoms in total. The van der Waals surface area contributed by atoms with Crippen LogP contribution in [0.5, 0.6) is 0 Å². The molecule has 1 aromatic carbocycles. The number of likely N-dealkylation sites (N-methyl/N-ethyl adjacent to an activating group) is 1. The van der Waals surface area contributed by atoms with Crippen molar-refractivity contribution in [2.24, 2.45) is 0 Å². The first-order chi connectivity index (χ1) is 9.94. The number of nitrogens with one attached hydrogen (secondary N) is 1. The summed E-state index contributed by atoms with van der Waals surface area (Å²) in [5.74, 6) is 0. The van der Waals surface area contributed by atoms with Crippen LogP contribution in [0.15, 0.2) is 41.0 Å². The van der Waals surface area contributed by atoms with E-state index >= 15 is 0 Å². The Labute approximate surface area is 127 Å². The number of rotatable bonds is 6. The second-order valence-electron chi connectivity index (χ2n) is 6.38. The van der Waals surface area contributed by atoms with Gasteiger partial charge in [-0.25, -0.2) is 0 Å². The van der Waals surface area contributed by atoms with Gasteiger partial charge in [0.05, 0.1) is 5.69 Å². The molecule has 0 aliphatic heterocycles. The zero-order chi connectivity index (χ0) is 15.3. The van der Waals surface area contributed by atoms with Crippen molar-refractivity contribution in [2.75, 3.05) is 18.5 Å². The molecule has 0 fully saturated rings. The van der Waals surface area contributed by atoms with E-state index in [4.69, 9.17) is 4.42 Å². The van der Waals surface area contributed by atoms with Crippen molar-refractivity contribution in [1.29, 1.82) is 0 Å². The minimum atomic E-state index is 0.0817. The summed E-state index contributed by atoms with van der Waals surface area (Å²) in [7, 11) is 2.01. The van der Waals surface area contributed by atoms with E-state index in [1.54, 1.807) is 6.26 Å². The summed E-state index contributed by atoms with van der Waals surface area (Å²) < 4.78 is 5.55. The number of hydrogen-bond acceptors (Lipinski definition) is 4. The van der Waals surface area contributed by atoms with E-state index in [0.29, 0.717) is 6.01 Å². The highest BCUT2D eigenvalue weighted by Crippen LogP contribution is 2.13. The smallest absolute Gasteiger partial charge is 0.297 e. The second kappa shape index (κ2) is 6.76. The molecule has 1 aromatic heterocycles. The summed E-state index contributed by atoms with van der Waals surface area (Å²) >= 11 is 0. The van der Waals surface area contributed by atoms with E-state index in [-0.39, 0.29) is 5.54 Å². The quantitative estimate of drug-likeness (QED) is 0.885. The molecule has 2 rings (SSSR count). The Balaban J connectivity index is 1.85. The molecule has 114 valence electrons. The third-order valence-electron chi connectivity index (χ3n) is 3.24. The van der Waals surface area contributed by atoms with E-state index in [2.05, 4.69) is 55.3 Å². The Morgan fingerprint density at radius 2 is 1.90 bits per heavy atom. The average molecular weight is 287 g/mol. The van der Waals surface area contributed by atoms with Crippen LogP contribution in [0.25, 0.3) is 0 Å². The predicted molar refractivity (Wildman–Crippen MR) is 86.5 cm³/mol. The normalized spacial score (nSPS) is 11.6. The number of nitrogens with zero attached hydrogens (tertiary/aromatic N) is 2. The number of aromatic nitrogens is 1. The van der Waals surface area contributed by atoms with Gasteiger partial charge in [-0.3, -0.25) is 0 Å². The topological polar surface area (TPSA) is 41.3 Å². The molecule has 2 aromatic rings. The molecule has 0 saturated heterocycles. The van der Waals surface area contributed by atoms with Gasteiger partial charge in [0.15, 0.2) is 0 Å². The van der Waals surface area contributed by atoms with E-state index in [1.165, 1.54) is 5.56 Å². The molecule has 4 heteroatoms. The summed E-state index contributed by atoms with van der Waals surface area (Å²) in [6.07, 6.45) is 2.71. The minimum absolute atomic E-state index is 0.0817. The van der Waals surface area contributed by atoms with Gasteiger partial charge in [-0.15, -0.1) is 0 Å². The van der Waals surface area contributed by atoms with Gasteiger partial charge in [-0.05, 0) is 32.8 Å². The number of hydrogen-bond donors (Lipinski definition) is 1. The third kappa shape index (κ3) is 5.23. The molecule has 1 N–H and O–H groups in total. The molecule has 0 atom stereocenters. The SMILES string of the molecule is CN(CCc1ccccc1)c1nc(CNC(C)(C)C)co1. The molecule has 0 saturated carbocycles. The first-order valence-corrected chi connectivity index (χ1v) is 7.38. The molecule has 1 heterocycles. The number of oxazole rings is 1. The lowest BCUT2D eigenvalue weighted by atomic mass is 10.1. The van der Waals surface area contributed by atoms with Gasteiger partial charge in [0, 0.05) is 25.7 Å². The highest BCUT2D eigenvalue weighted by atomic mass is 16.4. The standard InChI is InChI=1S/C17H25N3O/c1-17(2,3)18-12-15-13-21-16(19-15)20(4)11-10-14-8-6-5-7-9-14/h5-9,13,18H,10-12H2,1-4H3. The average Bonchev–Trinajstić information content (AvgIpc) is 2.92. The summed E-state index contributed by atoms with van der Waals surface area (Å²) in [4.78, 5) is 6.57. The highest BCUT2D eigenvalue weighted by molar-refractivity contribution is 5.26. The van der Waals surface area contributed by atoms with Crippen LogP contribution < -0.4 is 10.2 Å². The lowest BCUT2D eigenvalue weighted by molar-refractivity contribution is 0.421. The Morgan fingerprint density at radius 1 is 1.19 bits per heavy atom. The van der Waals surface area contributed by atoms with E-state index in [0.717, 1.165) is 25.2 Å². The molecule has 0 spiro atoms. The fourth-order valence-corrected chi connectivity index (χ4v) is 1.95. The predicted octanol–water partition coefficient (Wildman–Crippen LogP) is 3.24. The van der Waals surface area contributed by atoms with Gasteiger partial charge < -0.3 is 14.6 Å². The van der Waals surface area contributed by atoms with Crippen LogP contribution in [-0.4, -0.2) is 24.1 Å². The Bertz CT molecular complexity index is 543. The maximum atomic E-state index is 5.55. The van der Waals surface area contributed by atoms with Gasteiger partial charge >= 0.3 is 0 Å². The maximum Gasteiger partial charge on any atom is 0.297 e. The Hall–Kier alpha value is -1.81. The van der Waals surface area contributed by atoms with Gasteiger partial charge in [-0.2, -0.15) is 4.98 Å². The van der Waals surface area contributed by atoms with Crippen LogP contribution in [0, 0.1) is 0 Å². The van der Waals surface area contributed by atoms with Crippen molar-refractivity contribution in [1.82, 2.24) is 10.3 Å². The van der Waals surface area contributed by atoms with Crippen molar-refractivity contribution in [3.63, 3.8) is 0 Å². The van der Waals surface area contributed by atoms with Crippen molar-refractivity contribution >= 4 is 6.01 Å². The Kier molecular flexibility index (Phi) is 5.02. The molecule has 0 amide bonds. The molecule has 0 unspecified atom stereocenters. The van der Waals surface area contributed by atoms with Crippen molar-refractivity contribution in [2.45, 2.75) is 39.3 Å². The van der Waals surface area contributed by atoms with Gasteiger partial charge in [0.25, 0.3) is 6.01 Å². The summed E-state index contributed by atoms with van der Waals surface area (Å²) in [6, 6.07) is 11.1.